The van der Waals surface area contributed by atoms with Crippen LogP contribution in [0.1, 0.15) is 24.5 Å². The Bertz CT molecular complexity index is 377. The van der Waals surface area contributed by atoms with Crippen LogP contribution in [-0.2, 0) is 13.1 Å². The van der Waals surface area contributed by atoms with Crippen molar-refractivity contribution in [3.63, 3.8) is 0 Å². The maximum atomic E-state index is 12.2. The van der Waals surface area contributed by atoms with Crippen LogP contribution < -0.4 is 5.32 Å². The van der Waals surface area contributed by atoms with Gasteiger partial charge in [-0.2, -0.15) is 13.2 Å². The minimum absolute atomic E-state index is 0.307. The summed E-state index contributed by atoms with van der Waals surface area (Å²) in [7, 11) is 1.48. The maximum absolute atomic E-state index is 12.2. The summed E-state index contributed by atoms with van der Waals surface area (Å²) in [5.41, 5.74) is 2.01. The Balaban J connectivity index is 2.51. The molecule has 5 heteroatoms. The Morgan fingerprint density at radius 1 is 1.21 bits per heavy atom. The quantitative estimate of drug-likeness (QED) is 0.768. The first-order chi connectivity index (χ1) is 8.90. The highest BCUT2D eigenvalue weighted by Crippen LogP contribution is 2.17. The zero-order chi connectivity index (χ0) is 14.3. The van der Waals surface area contributed by atoms with Crippen LogP contribution >= 0.6 is 0 Å². The van der Waals surface area contributed by atoms with Crippen LogP contribution in [0.25, 0.3) is 0 Å². The third kappa shape index (κ3) is 7.18. The van der Waals surface area contributed by atoms with Gasteiger partial charge in [0.25, 0.3) is 0 Å². The van der Waals surface area contributed by atoms with E-state index in [1.165, 1.54) is 11.9 Å². The van der Waals surface area contributed by atoms with E-state index in [0.717, 1.165) is 30.6 Å². The van der Waals surface area contributed by atoms with Gasteiger partial charge in [0.05, 0.1) is 6.54 Å². The number of rotatable bonds is 7. The van der Waals surface area contributed by atoms with Crippen molar-refractivity contribution < 1.29 is 13.2 Å². The van der Waals surface area contributed by atoms with E-state index in [1.54, 1.807) is 0 Å². The molecule has 0 bridgehead atoms. The third-order valence-electron chi connectivity index (χ3n) is 2.65. The lowest BCUT2D eigenvalue weighted by Crippen LogP contribution is -2.30. The molecule has 0 aromatic heterocycles. The fourth-order valence-electron chi connectivity index (χ4n) is 1.92. The molecule has 0 radical (unpaired) electrons. The van der Waals surface area contributed by atoms with Crippen LogP contribution in [0.4, 0.5) is 13.2 Å². The van der Waals surface area contributed by atoms with Crippen LogP contribution in [0.3, 0.4) is 0 Å². The Morgan fingerprint density at radius 2 is 1.89 bits per heavy atom. The summed E-state index contributed by atoms with van der Waals surface area (Å²) in [6.07, 6.45) is -3.08. The molecule has 0 saturated heterocycles. The summed E-state index contributed by atoms with van der Waals surface area (Å²) >= 11 is 0. The molecule has 0 atom stereocenters. The zero-order valence-electron chi connectivity index (χ0n) is 11.4. The number of nitrogens with one attached hydrogen (secondary N) is 1. The molecule has 1 aromatic rings. The van der Waals surface area contributed by atoms with Crippen LogP contribution in [0.2, 0.25) is 0 Å². The second-order valence-corrected chi connectivity index (χ2v) is 4.78. The predicted octanol–water partition coefficient (Wildman–Crippen LogP) is 3.18. The highest BCUT2D eigenvalue weighted by Gasteiger charge is 2.28. The van der Waals surface area contributed by atoms with Crippen molar-refractivity contribution in [2.45, 2.75) is 32.6 Å². The highest BCUT2D eigenvalue weighted by molar-refractivity contribution is 5.23. The average Bonchev–Trinajstić information content (AvgIpc) is 2.27. The molecule has 0 amide bonds. The first-order valence-corrected chi connectivity index (χ1v) is 6.44. The van der Waals surface area contributed by atoms with Gasteiger partial charge in [-0.3, -0.25) is 4.90 Å². The van der Waals surface area contributed by atoms with Gasteiger partial charge in [0, 0.05) is 13.1 Å². The van der Waals surface area contributed by atoms with Gasteiger partial charge >= 0.3 is 6.18 Å². The Labute approximate surface area is 112 Å². The van der Waals surface area contributed by atoms with Crippen LogP contribution in [-0.4, -0.2) is 31.2 Å². The van der Waals surface area contributed by atoms with Gasteiger partial charge in [-0.15, -0.1) is 0 Å². The minimum atomic E-state index is -4.14. The van der Waals surface area contributed by atoms with Crippen molar-refractivity contribution in [1.82, 2.24) is 10.2 Å². The van der Waals surface area contributed by atoms with Gasteiger partial charge in [0.1, 0.15) is 0 Å². The topological polar surface area (TPSA) is 15.3 Å². The van der Waals surface area contributed by atoms with E-state index in [-0.39, 0.29) is 0 Å². The summed E-state index contributed by atoms with van der Waals surface area (Å²) in [6, 6.07) is 7.68. The summed E-state index contributed by atoms with van der Waals surface area (Å²) in [6.45, 7) is 3.21. The summed E-state index contributed by atoms with van der Waals surface area (Å²) in [5.74, 6) is 0. The summed E-state index contributed by atoms with van der Waals surface area (Å²) in [4.78, 5) is 1.28. The van der Waals surface area contributed by atoms with Crippen molar-refractivity contribution in [1.29, 1.82) is 0 Å². The van der Waals surface area contributed by atoms with Crippen molar-refractivity contribution in [3.8, 4) is 0 Å². The average molecular weight is 274 g/mol. The lowest BCUT2D eigenvalue weighted by atomic mass is 10.1. The molecule has 0 aliphatic carbocycles. The van der Waals surface area contributed by atoms with E-state index in [1.807, 2.05) is 24.3 Å². The maximum Gasteiger partial charge on any atom is 0.401 e. The van der Waals surface area contributed by atoms with E-state index in [2.05, 4.69) is 12.2 Å². The number of alkyl halides is 3. The van der Waals surface area contributed by atoms with Crippen LogP contribution in [0, 0.1) is 0 Å². The molecule has 0 unspecified atom stereocenters. The fourth-order valence-corrected chi connectivity index (χ4v) is 1.92. The summed E-state index contributed by atoms with van der Waals surface area (Å²) < 4.78 is 36.7. The van der Waals surface area contributed by atoms with Crippen molar-refractivity contribution in [3.05, 3.63) is 35.4 Å². The molecule has 108 valence electrons. The van der Waals surface area contributed by atoms with E-state index < -0.39 is 12.7 Å². The van der Waals surface area contributed by atoms with E-state index in [4.69, 9.17) is 0 Å². The molecule has 0 heterocycles. The SMILES string of the molecule is CCCNCc1cccc(CN(C)CC(F)(F)F)c1. The number of halogens is 3. The lowest BCUT2D eigenvalue weighted by Gasteiger charge is -2.18. The van der Waals surface area contributed by atoms with Gasteiger partial charge in [0.2, 0.25) is 0 Å². The van der Waals surface area contributed by atoms with Gasteiger partial charge < -0.3 is 5.32 Å². The molecule has 19 heavy (non-hydrogen) atoms. The molecule has 2 nitrogen and oxygen atoms in total. The first-order valence-electron chi connectivity index (χ1n) is 6.44. The van der Waals surface area contributed by atoms with E-state index in [9.17, 15) is 13.2 Å². The molecular weight excluding hydrogens is 253 g/mol. The number of nitrogens with zero attached hydrogens (tertiary/aromatic N) is 1. The highest BCUT2D eigenvalue weighted by atomic mass is 19.4. The van der Waals surface area contributed by atoms with Crippen molar-refractivity contribution in [2.24, 2.45) is 0 Å². The summed E-state index contributed by atoms with van der Waals surface area (Å²) in [5, 5.41) is 3.28. The van der Waals surface area contributed by atoms with Crippen LogP contribution in [0.5, 0.6) is 0 Å². The largest absolute Gasteiger partial charge is 0.401 e. The fraction of sp³-hybridized carbons (Fsp3) is 0.571. The number of hydrogen-bond donors (Lipinski definition) is 1. The molecule has 0 spiro atoms. The molecular formula is C14H21F3N2. The van der Waals surface area contributed by atoms with Gasteiger partial charge in [-0.25, -0.2) is 0 Å². The van der Waals surface area contributed by atoms with E-state index in [0.29, 0.717) is 6.54 Å². The standard InChI is InChI=1S/C14H21F3N2/c1-3-7-18-9-12-5-4-6-13(8-12)10-19(2)11-14(15,16)17/h4-6,8,18H,3,7,9-11H2,1-2H3. The Morgan fingerprint density at radius 3 is 2.53 bits per heavy atom. The second-order valence-electron chi connectivity index (χ2n) is 4.78. The molecule has 0 saturated carbocycles. The molecule has 0 aliphatic heterocycles. The molecule has 1 aromatic carbocycles. The first kappa shape index (κ1) is 16.0. The third-order valence-corrected chi connectivity index (χ3v) is 2.65. The number of hydrogen-bond acceptors (Lipinski definition) is 2. The van der Waals surface area contributed by atoms with Crippen molar-refractivity contribution >= 4 is 0 Å². The lowest BCUT2D eigenvalue weighted by molar-refractivity contribution is -0.144. The second kappa shape index (κ2) is 7.50. The normalized spacial score (nSPS) is 12.1. The van der Waals surface area contributed by atoms with Gasteiger partial charge in [-0.1, -0.05) is 31.2 Å². The van der Waals surface area contributed by atoms with Crippen molar-refractivity contribution in [2.75, 3.05) is 20.1 Å². The molecule has 0 fully saturated rings. The molecule has 1 N–H and O–H groups in total. The predicted molar refractivity (Wildman–Crippen MR) is 70.8 cm³/mol. The van der Waals surface area contributed by atoms with E-state index >= 15 is 0 Å². The smallest absolute Gasteiger partial charge is 0.313 e. The minimum Gasteiger partial charge on any atom is -0.313 e. The van der Waals surface area contributed by atoms with Gasteiger partial charge in [-0.05, 0) is 31.1 Å². The Kier molecular flexibility index (Phi) is 6.31. The van der Waals surface area contributed by atoms with Gasteiger partial charge in [0.15, 0.2) is 0 Å². The Hall–Kier alpha value is -1.07. The number of benzene rings is 1. The van der Waals surface area contributed by atoms with Crippen LogP contribution in [0.15, 0.2) is 24.3 Å². The zero-order valence-corrected chi connectivity index (χ0v) is 11.4. The molecule has 0 aliphatic rings. The molecule has 1 rings (SSSR count). The monoisotopic (exact) mass is 274 g/mol.